The van der Waals surface area contributed by atoms with E-state index in [1.54, 1.807) is 53.7 Å². The molecular weight excluding hydrogens is 461 g/mol. The molecule has 1 aliphatic heterocycles. The molecular formula is C24H17Cl2N5O2. The molecule has 33 heavy (non-hydrogen) atoms. The van der Waals surface area contributed by atoms with Crippen LogP contribution in [0, 0.1) is 0 Å². The predicted octanol–water partition coefficient (Wildman–Crippen LogP) is 5.03. The summed E-state index contributed by atoms with van der Waals surface area (Å²) in [7, 11) is 0. The minimum atomic E-state index is -0.422. The lowest BCUT2D eigenvalue weighted by Crippen LogP contribution is -2.32. The molecule has 9 heteroatoms. The molecule has 0 aliphatic carbocycles. The van der Waals surface area contributed by atoms with Gasteiger partial charge in [-0.25, -0.2) is 0 Å². The first-order chi connectivity index (χ1) is 16.0. The molecule has 7 nitrogen and oxygen atoms in total. The van der Waals surface area contributed by atoms with E-state index in [1.165, 1.54) is 0 Å². The summed E-state index contributed by atoms with van der Waals surface area (Å²) in [6.45, 7) is 0.470. The number of carbonyl (C=O) groups is 2. The van der Waals surface area contributed by atoms with Crippen LogP contribution >= 0.6 is 23.2 Å². The first kappa shape index (κ1) is 21.2. The van der Waals surface area contributed by atoms with E-state index in [9.17, 15) is 9.59 Å². The Morgan fingerprint density at radius 2 is 1.58 bits per heavy atom. The quantitative estimate of drug-likeness (QED) is 0.448. The summed E-state index contributed by atoms with van der Waals surface area (Å²) >= 11 is 12.2. The fourth-order valence-corrected chi connectivity index (χ4v) is 4.40. The van der Waals surface area contributed by atoms with Gasteiger partial charge in [0.25, 0.3) is 11.8 Å². The van der Waals surface area contributed by atoms with Crippen LogP contribution in [0.3, 0.4) is 0 Å². The summed E-state index contributed by atoms with van der Waals surface area (Å²) in [6, 6.07) is 19.2. The molecule has 0 spiro atoms. The van der Waals surface area contributed by atoms with Gasteiger partial charge in [0.1, 0.15) is 12.2 Å². The zero-order chi connectivity index (χ0) is 22.9. The molecule has 3 aromatic carbocycles. The summed E-state index contributed by atoms with van der Waals surface area (Å²) in [4.78, 5) is 27.7. The number of rotatable bonds is 3. The first-order valence-electron chi connectivity index (χ1n) is 10.2. The van der Waals surface area contributed by atoms with Gasteiger partial charge in [0.05, 0.1) is 27.0 Å². The summed E-state index contributed by atoms with van der Waals surface area (Å²) in [6.07, 6.45) is 2.23. The van der Waals surface area contributed by atoms with Crippen molar-refractivity contribution in [2.24, 2.45) is 0 Å². The van der Waals surface area contributed by atoms with Gasteiger partial charge in [-0.1, -0.05) is 41.4 Å². The number of anilines is 2. The van der Waals surface area contributed by atoms with Crippen LogP contribution < -0.4 is 10.2 Å². The van der Waals surface area contributed by atoms with E-state index in [2.05, 4.69) is 15.5 Å². The molecule has 5 rings (SSSR count). The Labute approximate surface area is 199 Å². The zero-order valence-electron chi connectivity index (χ0n) is 17.2. The van der Waals surface area contributed by atoms with E-state index in [1.807, 2.05) is 28.8 Å². The van der Waals surface area contributed by atoms with Crippen LogP contribution in [0.5, 0.6) is 0 Å². The smallest absolute Gasteiger partial charge is 0.258 e. The fourth-order valence-electron chi connectivity index (χ4n) is 3.83. The van der Waals surface area contributed by atoms with E-state index in [4.69, 9.17) is 23.2 Å². The highest BCUT2D eigenvalue weighted by Gasteiger charge is 2.25. The maximum absolute atomic E-state index is 13.4. The molecule has 0 radical (unpaired) electrons. The maximum atomic E-state index is 13.4. The average molecular weight is 478 g/mol. The maximum Gasteiger partial charge on any atom is 0.258 e. The number of hydrogen-bond acceptors (Lipinski definition) is 4. The Balaban J connectivity index is 1.38. The molecule has 0 fully saturated rings. The van der Waals surface area contributed by atoms with Crippen LogP contribution in [0.2, 0.25) is 10.0 Å². The van der Waals surface area contributed by atoms with Gasteiger partial charge in [-0.2, -0.15) is 0 Å². The Bertz CT molecular complexity index is 1350. The van der Waals surface area contributed by atoms with Crippen LogP contribution in [0.1, 0.15) is 26.5 Å². The van der Waals surface area contributed by atoms with E-state index in [0.717, 1.165) is 17.2 Å². The summed E-state index contributed by atoms with van der Waals surface area (Å²) in [5.74, 6) is 0.233. The van der Waals surface area contributed by atoms with Gasteiger partial charge in [-0.15, -0.1) is 10.2 Å². The second-order valence-corrected chi connectivity index (χ2v) is 8.26. The van der Waals surface area contributed by atoms with Gasteiger partial charge in [-0.05, 0) is 48.5 Å². The second kappa shape index (κ2) is 8.69. The largest absolute Gasteiger partial charge is 0.322 e. The molecule has 164 valence electrons. The number of carbonyl (C=O) groups excluding carboxylic acids is 2. The molecule has 0 saturated heterocycles. The molecule has 0 atom stereocenters. The topological polar surface area (TPSA) is 80.1 Å². The van der Waals surface area contributed by atoms with Gasteiger partial charge >= 0.3 is 0 Å². The SMILES string of the molecule is O=C(Nc1ccc(C(=O)N2CCc3nncn3-c3ccccc32)cc1)c1c(Cl)cccc1Cl. The summed E-state index contributed by atoms with van der Waals surface area (Å²) < 4.78 is 1.90. The summed E-state index contributed by atoms with van der Waals surface area (Å²) in [5.41, 5.74) is 2.86. The van der Waals surface area contributed by atoms with Gasteiger partial charge < -0.3 is 10.2 Å². The number of nitrogens with zero attached hydrogens (tertiary/aromatic N) is 4. The fraction of sp³-hybridized carbons (Fsp3) is 0.0833. The van der Waals surface area contributed by atoms with Crippen LogP contribution in [-0.4, -0.2) is 33.1 Å². The van der Waals surface area contributed by atoms with Crippen LogP contribution in [0.25, 0.3) is 5.69 Å². The van der Waals surface area contributed by atoms with Gasteiger partial charge in [-0.3, -0.25) is 14.2 Å². The number of fused-ring (bicyclic) bond motifs is 3. The number of nitrogens with one attached hydrogen (secondary N) is 1. The molecule has 4 aromatic rings. The number of hydrogen-bond donors (Lipinski definition) is 1. The van der Waals surface area contributed by atoms with Crippen molar-refractivity contribution in [2.45, 2.75) is 6.42 Å². The first-order valence-corrected chi connectivity index (χ1v) is 10.9. The number of benzene rings is 3. The number of halogens is 2. The number of aromatic nitrogens is 3. The molecule has 0 unspecified atom stereocenters. The van der Waals surface area contributed by atoms with Gasteiger partial charge in [0, 0.05) is 24.2 Å². The highest BCUT2D eigenvalue weighted by atomic mass is 35.5. The third kappa shape index (κ3) is 3.97. The lowest BCUT2D eigenvalue weighted by Gasteiger charge is -2.23. The van der Waals surface area contributed by atoms with Crippen molar-refractivity contribution in [1.29, 1.82) is 0 Å². The van der Waals surface area contributed by atoms with Gasteiger partial charge in [0.2, 0.25) is 0 Å². The standard InChI is InChI=1S/C24H17Cl2N5O2/c25-17-4-3-5-18(26)22(17)23(32)28-16-10-8-15(9-11-16)24(33)30-13-12-21-29-27-14-31(21)20-7-2-1-6-19(20)30/h1-11,14H,12-13H2,(H,28,32). The lowest BCUT2D eigenvalue weighted by atomic mass is 10.1. The lowest BCUT2D eigenvalue weighted by molar-refractivity contribution is 0.0986. The van der Waals surface area contributed by atoms with Crippen molar-refractivity contribution in [3.63, 3.8) is 0 Å². The molecule has 1 aromatic heterocycles. The number of para-hydroxylation sites is 2. The monoisotopic (exact) mass is 477 g/mol. The number of amides is 2. The normalized spacial score (nSPS) is 12.5. The van der Waals surface area contributed by atoms with E-state index in [-0.39, 0.29) is 21.5 Å². The third-order valence-corrected chi connectivity index (χ3v) is 6.06. The highest BCUT2D eigenvalue weighted by molar-refractivity contribution is 6.40. The molecule has 2 amide bonds. The Kier molecular flexibility index (Phi) is 5.58. The molecule has 1 N–H and O–H groups in total. The van der Waals surface area contributed by atoms with Crippen molar-refractivity contribution in [3.05, 3.63) is 100 Å². The van der Waals surface area contributed by atoms with Crippen LogP contribution in [0.15, 0.2) is 73.1 Å². The van der Waals surface area contributed by atoms with Crippen molar-refractivity contribution < 1.29 is 9.59 Å². The van der Waals surface area contributed by atoms with Crippen molar-refractivity contribution in [1.82, 2.24) is 14.8 Å². The zero-order valence-corrected chi connectivity index (χ0v) is 18.7. The van der Waals surface area contributed by atoms with Crippen molar-refractivity contribution in [2.75, 3.05) is 16.8 Å². The van der Waals surface area contributed by atoms with Crippen molar-refractivity contribution >= 4 is 46.4 Å². The van der Waals surface area contributed by atoms with E-state index >= 15 is 0 Å². The van der Waals surface area contributed by atoms with E-state index in [0.29, 0.717) is 24.2 Å². The second-order valence-electron chi connectivity index (χ2n) is 7.44. The van der Waals surface area contributed by atoms with E-state index < -0.39 is 5.91 Å². The third-order valence-electron chi connectivity index (χ3n) is 5.43. The Hall–Kier alpha value is -3.68. The highest BCUT2D eigenvalue weighted by Crippen LogP contribution is 2.30. The minimum absolute atomic E-state index is 0.145. The van der Waals surface area contributed by atoms with Crippen molar-refractivity contribution in [3.8, 4) is 5.69 Å². The molecule has 0 saturated carbocycles. The molecule has 1 aliphatic rings. The summed E-state index contributed by atoms with van der Waals surface area (Å²) in [5, 5.41) is 11.5. The minimum Gasteiger partial charge on any atom is -0.322 e. The van der Waals surface area contributed by atoms with Crippen LogP contribution in [0.4, 0.5) is 11.4 Å². The Morgan fingerprint density at radius 3 is 2.30 bits per heavy atom. The molecule has 0 bridgehead atoms. The van der Waals surface area contributed by atoms with Gasteiger partial charge in [0.15, 0.2) is 0 Å². The molecule has 2 heterocycles. The predicted molar refractivity (Wildman–Crippen MR) is 128 cm³/mol. The Morgan fingerprint density at radius 1 is 0.879 bits per heavy atom. The average Bonchev–Trinajstić information content (AvgIpc) is 3.22. The van der Waals surface area contributed by atoms with Crippen LogP contribution in [-0.2, 0) is 6.42 Å².